The smallest absolute Gasteiger partial charge is 0.317 e. The predicted molar refractivity (Wildman–Crippen MR) is 135 cm³/mol. The van der Waals surface area contributed by atoms with Crippen LogP contribution in [0.3, 0.4) is 0 Å². The van der Waals surface area contributed by atoms with Crippen LogP contribution in [0.15, 0.2) is 18.2 Å². The van der Waals surface area contributed by atoms with Crippen molar-refractivity contribution in [1.29, 1.82) is 0 Å². The van der Waals surface area contributed by atoms with Crippen molar-refractivity contribution in [2.45, 2.75) is 56.9 Å². The standard InChI is InChI=1S/C27H38N4O4/c1-4-11-28-26(34)30-12-9-27(10-13-30)17-31(23(33)14-18-5-6-18)22(16-32)25-24(27)20-8-7-19(35-3)15-21(20)29(25)2/h7-8,15,18,22,32H,4-6,9-14,16-17H2,1-3H3,(H,28,34)/t22-/m1/s1. The summed E-state index contributed by atoms with van der Waals surface area (Å²) in [5.41, 5.74) is 3.05. The van der Waals surface area contributed by atoms with Gasteiger partial charge in [-0.2, -0.15) is 0 Å². The molecule has 3 heterocycles. The minimum Gasteiger partial charge on any atom is -0.497 e. The number of nitrogens with zero attached hydrogens (tertiary/aromatic N) is 3. The molecule has 1 saturated carbocycles. The molecule has 5 rings (SSSR count). The molecule has 2 aromatic rings. The van der Waals surface area contributed by atoms with Gasteiger partial charge in [-0.15, -0.1) is 0 Å². The third-order valence-corrected chi connectivity index (χ3v) is 8.34. The fourth-order valence-electron chi connectivity index (χ4n) is 6.20. The Morgan fingerprint density at radius 2 is 1.97 bits per heavy atom. The van der Waals surface area contributed by atoms with Gasteiger partial charge in [0.1, 0.15) is 5.75 Å². The summed E-state index contributed by atoms with van der Waals surface area (Å²) in [5.74, 6) is 1.41. The van der Waals surface area contributed by atoms with Crippen molar-refractivity contribution < 1.29 is 19.4 Å². The largest absolute Gasteiger partial charge is 0.497 e. The summed E-state index contributed by atoms with van der Waals surface area (Å²) < 4.78 is 7.65. The van der Waals surface area contributed by atoms with Crippen molar-refractivity contribution in [2.24, 2.45) is 13.0 Å². The summed E-state index contributed by atoms with van der Waals surface area (Å²) >= 11 is 0. The van der Waals surface area contributed by atoms with Gasteiger partial charge in [0.15, 0.2) is 0 Å². The number of nitrogens with one attached hydrogen (secondary N) is 1. The number of carbonyl (C=O) groups is 2. The molecule has 1 aromatic heterocycles. The topological polar surface area (TPSA) is 87.0 Å². The fraction of sp³-hybridized carbons (Fsp3) is 0.630. The number of rotatable bonds is 6. The predicted octanol–water partition coefficient (Wildman–Crippen LogP) is 3.32. The number of piperidine rings is 1. The second kappa shape index (κ2) is 9.37. The molecule has 2 fully saturated rings. The highest BCUT2D eigenvalue weighted by atomic mass is 16.5. The van der Waals surface area contributed by atoms with Crippen LogP contribution in [0.2, 0.25) is 0 Å². The van der Waals surface area contributed by atoms with Crippen molar-refractivity contribution in [3.05, 3.63) is 29.5 Å². The molecular weight excluding hydrogens is 444 g/mol. The number of fused-ring (bicyclic) bond motifs is 4. The van der Waals surface area contributed by atoms with E-state index in [0.717, 1.165) is 54.5 Å². The normalized spacial score (nSPS) is 21.3. The molecule has 3 aliphatic rings. The Labute approximate surface area is 207 Å². The molecule has 0 radical (unpaired) electrons. The van der Waals surface area contributed by atoms with Gasteiger partial charge in [0.25, 0.3) is 0 Å². The van der Waals surface area contributed by atoms with Gasteiger partial charge in [-0.3, -0.25) is 4.79 Å². The molecule has 3 amide bonds. The zero-order valence-corrected chi connectivity index (χ0v) is 21.2. The molecule has 1 spiro atoms. The van der Waals surface area contributed by atoms with E-state index in [1.807, 2.05) is 29.0 Å². The summed E-state index contributed by atoms with van der Waals surface area (Å²) in [7, 11) is 3.69. The molecule has 1 atom stereocenters. The van der Waals surface area contributed by atoms with E-state index in [4.69, 9.17) is 4.74 Å². The fourth-order valence-corrected chi connectivity index (χ4v) is 6.20. The highest BCUT2D eigenvalue weighted by Gasteiger charge is 2.50. The Balaban J connectivity index is 1.57. The quantitative estimate of drug-likeness (QED) is 0.661. The van der Waals surface area contributed by atoms with Crippen LogP contribution in [0.5, 0.6) is 5.75 Å². The van der Waals surface area contributed by atoms with Crippen LogP contribution in [-0.2, 0) is 17.3 Å². The van der Waals surface area contributed by atoms with Crippen LogP contribution >= 0.6 is 0 Å². The van der Waals surface area contributed by atoms with E-state index in [0.29, 0.717) is 38.5 Å². The Kier molecular flexibility index (Phi) is 6.42. The maximum atomic E-state index is 13.5. The van der Waals surface area contributed by atoms with E-state index in [-0.39, 0.29) is 30.0 Å². The number of hydrogen-bond donors (Lipinski definition) is 2. The SMILES string of the molecule is CCCNC(=O)N1CCC2(CC1)CN(C(=O)CC1CC1)[C@H](CO)c1c2c2ccc(OC)cc2n1C. The highest BCUT2D eigenvalue weighted by Crippen LogP contribution is 2.50. The molecule has 1 aliphatic carbocycles. The molecule has 0 unspecified atom stereocenters. The lowest BCUT2D eigenvalue weighted by Gasteiger charge is -2.50. The van der Waals surface area contributed by atoms with Gasteiger partial charge in [0, 0.05) is 62.2 Å². The average Bonchev–Trinajstić information content (AvgIpc) is 3.65. The Hall–Kier alpha value is -2.74. The first kappa shape index (κ1) is 24.0. The number of hydrogen-bond acceptors (Lipinski definition) is 4. The molecule has 2 aliphatic heterocycles. The van der Waals surface area contributed by atoms with E-state index in [1.165, 1.54) is 5.56 Å². The minimum absolute atomic E-state index is 0.00436. The molecule has 1 aromatic carbocycles. The number of aryl methyl sites for hydroxylation is 1. The lowest BCUT2D eigenvalue weighted by Crippen LogP contribution is -2.57. The Morgan fingerprint density at radius 1 is 1.23 bits per heavy atom. The van der Waals surface area contributed by atoms with Crippen LogP contribution in [-0.4, -0.2) is 71.3 Å². The average molecular weight is 483 g/mol. The molecular formula is C27H38N4O4. The van der Waals surface area contributed by atoms with Crippen molar-refractivity contribution in [1.82, 2.24) is 19.7 Å². The zero-order valence-electron chi connectivity index (χ0n) is 21.2. The number of carbonyl (C=O) groups excluding carboxylic acids is 2. The summed E-state index contributed by atoms with van der Waals surface area (Å²) in [5, 5.41) is 14.7. The van der Waals surface area contributed by atoms with E-state index in [2.05, 4.69) is 22.9 Å². The lowest BCUT2D eigenvalue weighted by molar-refractivity contribution is -0.137. The lowest BCUT2D eigenvalue weighted by atomic mass is 9.68. The number of aliphatic hydroxyl groups excluding tert-OH is 1. The number of urea groups is 1. The van der Waals surface area contributed by atoms with Crippen LogP contribution in [0.25, 0.3) is 10.9 Å². The number of methoxy groups -OCH3 is 1. The maximum Gasteiger partial charge on any atom is 0.317 e. The van der Waals surface area contributed by atoms with Crippen molar-refractivity contribution in [2.75, 3.05) is 39.9 Å². The minimum atomic E-state index is -0.365. The van der Waals surface area contributed by atoms with E-state index in [9.17, 15) is 14.7 Å². The van der Waals surface area contributed by atoms with Gasteiger partial charge in [0.2, 0.25) is 5.91 Å². The maximum absolute atomic E-state index is 13.5. The van der Waals surface area contributed by atoms with E-state index < -0.39 is 0 Å². The van der Waals surface area contributed by atoms with Crippen molar-refractivity contribution >= 4 is 22.8 Å². The summed E-state index contributed by atoms with van der Waals surface area (Å²) in [6.45, 7) is 4.51. The molecule has 0 bridgehead atoms. The highest BCUT2D eigenvalue weighted by molar-refractivity contribution is 5.90. The Bertz CT molecular complexity index is 1110. The van der Waals surface area contributed by atoms with Crippen LogP contribution < -0.4 is 10.1 Å². The van der Waals surface area contributed by atoms with Crippen molar-refractivity contribution in [3.8, 4) is 5.75 Å². The molecule has 35 heavy (non-hydrogen) atoms. The van der Waals surface area contributed by atoms with Gasteiger partial charge in [-0.1, -0.05) is 6.92 Å². The van der Waals surface area contributed by atoms with Crippen LogP contribution in [0, 0.1) is 5.92 Å². The van der Waals surface area contributed by atoms with Gasteiger partial charge < -0.3 is 29.5 Å². The monoisotopic (exact) mass is 482 g/mol. The van der Waals surface area contributed by atoms with Gasteiger partial charge >= 0.3 is 6.03 Å². The first-order valence-corrected chi connectivity index (χ1v) is 13.0. The summed E-state index contributed by atoms with van der Waals surface area (Å²) in [6.07, 6.45) is 5.29. The van der Waals surface area contributed by atoms with Crippen molar-refractivity contribution in [3.63, 3.8) is 0 Å². The first-order chi connectivity index (χ1) is 16.9. The Morgan fingerprint density at radius 3 is 2.60 bits per heavy atom. The zero-order chi connectivity index (χ0) is 24.7. The molecule has 8 nitrogen and oxygen atoms in total. The van der Waals surface area contributed by atoms with Crippen LogP contribution in [0.1, 0.15) is 62.7 Å². The van der Waals surface area contributed by atoms with Crippen LogP contribution in [0.4, 0.5) is 4.79 Å². The molecule has 8 heteroatoms. The number of aliphatic hydroxyl groups is 1. The summed E-state index contributed by atoms with van der Waals surface area (Å²) in [4.78, 5) is 30.0. The number of amides is 3. The van der Waals surface area contributed by atoms with E-state index in [1.54, 1.807) is 7.11 Å². The third-order valence-electron chi connectivity index (χ3n) is 8.34. The summed E-state index contributed by atoms with van der Waals surface area (Å²) in [6, 6.07) is 5.78. The second-order valence-corrected chi connectivity index (χ2v) is 10.6. The van der Waals surface area contributed by atoms with E-state index >= 15 is 0 Å². The number of ether oxygens (including phenoxy) is 1. The van der Waals surface area contributed by atoms with Gasteiger partial charge in [-0.05, 0) is 55.7 Å². The van der Waals surface area contributed by atoms with Gasteiger partial charge in [-0.25, -0.2) is 4.79 Å². The molecule has 190 valence electrons. The first-order valence-electron chi connectivity index (χ1n) is 13.0. The van der Waals surface area contributed by atoms with Gasteiger partial charge in [0.05, 0.1) is 25.3 Å². The third kappa shape index (κ3) is 4.15. The number of likely N-dealkylation sites (tertiary alicyclic amines) is 1. The number of benzene rings is 1. The number of aromatic nitrogens is 1. The molecule has 2 N–H and O–H groups in total. The second-order valence-electron chi connectivity index (χ2n) is 10.6. The molecule has 1 saturated heterocycles.